The number of hydrogen-bond donors (Lipinski definition) is 1. The van der Waals surface area contributed by atoms with E-state index in [1.165, 1.54) is 0 Å². The van der Waals surface area contributed by atoms with Crippen LogP contribution in [0.2, 0.25) is 5.02 Å². The van der Waals surface area contributed by atoms with Crippen LogP contribution in [-0.2, 0) is 0 Å². The van der Waals surface area contributed by atoms with Crippen molar-refractivity contribution in [3.63, 3.8) is 0 Å². The molecule has 1 N–H and O–H groups in total. The molecule has 0 saturated carbocycles. The van der Waals surface area contributed by atoms with Gasteiger partial charge in [-0.3, -0.25) is 5.43 Å². The number of ether oxygens (including phenoxy) is 1. The van der Waals surface area contributed by atoms with E-state index >= 15 is 0 Å². The molecule has 0 atom stereocenters. The summed E-state index contributed by atoms with van der Waals surface area (Å²) < 4.78 is 5.80. The molecule has 0 bridgehead atoms. The van der Waals surface area contributed by atoms with Crippen molar-refractivity contribution in [2.75, 3.05) is 5.43 Å². The van der Waals surface area contributed by atoms with Crippen LogP contribution in [0, 0.1) is 0 Å². The molecule has 3 nitrogen and oxygen atoms in total. The van der Waals surface area contributed by atoms with Gasteiger partial charge in [-0.05, 0) is 54.1 Å². The van der Waals surface area contributed by atoms with Crippen molar-refractivity contribution in [3.05, 3.63) is 89.4 Å². The molecule has 0 aliphatic carbocycles. The molecule has 0 amide bonds. The van der Waals surface area contributed by atoms with Gasteiger partial charge in [0.25, 0.3) is 0 Å². The van der Waals surface area contributed by atoms with Crippen LogP contribution in [0.3, 0.4) is 0 Å². The van der Waals surface area contributed by atoms with Crippen LogP contribution in [0.5, 0.6) is 11.5 Å². The zero-order valence-electron chi connectivity index (χ0n) is 12.3. The predicted molar refractivity (Wildman–Crippen MR) is 95.6 cm³/mol. The lowest BCUT2D eigenvalue weighted by Gasteiger charge is -2.05. The number of hydrogen-bond acceptors (Lipinski definition) is 3. The normalized spacial score (nSPS) is 10.7. The van der Waals surface area contributed by atoms with Crippen molar-refractivity contribution >= 4 is 23.5 Å². The van der Waals surface area contributed by atoms with Crippen LogP contribution in [0.4, 0.5) is 5.69 Å². The lowest BCUT2D eigenvalue weighted by molar-refractivity contribution is 0.482. The van der Waals surface area contributed by atoms with Crippen LogP contribution in [0.1, 0.15) is 5.56 Å². The van der Waals surface area contributed by atoms with Gasteiger partial charge in [0.2, 0.25) is 0 Å². The van der Waals surface area contributed by atoms with Crippen molar-refractivity contribution in [1.29, 1.82) is 0 Å². The van der Waals surface area contributed by atoms with E-state index in [2.05, 4.69) is 10.5 Å². The fourth-order valence-electron chi connectivity index (χ4n) is 1.99. The second kappa shape index (κ2) is 7.47. The van der Waals surface area contributed by atoms with E-state index in [1.807, 2.05) is 78.9 Å². The molecule has 23 heavy (non-hydrogen) atoms. The maximum atomic E-state index is 5.85. The van der Waals surface area contributed by atoms with Gasteiger partial charge in [0.15, 0.2) is 0 Å². The number of nitrogens with one attached hydrogen (secondary N) is 1. The molecule has 0 saturated heterocycles. The molecule has 0 radical (unpaired) electrons. The molecule has 3 aromatic rings. The lowest BCUT2D eigenvalue weighted by Crippen LogP contribution is -1.91. The van der Waals surface area contributed by atoms with E-state index in [4.69, 9.17) is 16.3 Å². The van der Waals surface area contributed by atoms with Crippen molar-refractivity contribution < 1.29 is 4.74 Å². The Labute approximate surface area is 140 Å². The number of hydrazone groups is 1. The average Bonchev–Trinajstić information content (AvgIpc) is 2.58. The van der Waals surface area contributed by atoms with Gasteiger partial charge in [-0.15, -0.1) is 0 Å². The van der Waals surface area contributed by atoms with E-state index < -0.39 is 0 Å². The average molecular weight is 323 g/mol. The van der Waals surface area contributed by atoms with E-state index in [0.29, 0.717) is 5.02 Å². The largest absolute Gasteiger partial charge is 0.457 e. The molecule has 0 aliphatic rings. The predicted octanol–water partition coefficient (Wildman–Crippen LogP) is 5.58. The van der Waals surface area contributed by atoms with Gasteiger partial charge >= 0.3 is 0 Å². The number of rotatable bonds is 5. The Morgan fingerprint density at radius 2 is 1.57 bits per heavy atom. The fourth-order valence-corrected chi connectivity index (χ4v) is 2.11. The molecule has 3 aromatic carbocycles. The van der Waals surface area contributed by atoms with Crippen molar-refractivity contribution in [3.8, 4) is 11.5 Å². The highest BCUT2D eigenvalue weighted by atomic mass is 35.5. The highest BCUT2D eigenvalue weighted by Gasteiger charge is 1.97. The minimum absolute atomic E-state index is 0.699. The van der Waals surface area contributed by atoms with Gasteiger partial charge in [-0.25, -0.2) is 0 Å². The minimum atomic E-state index is 0.699. The Morgan fingerprint density at radius 1 is 0.826 bits per heavy atom. The number of benzene rings is 3. The summed E-state index contributed by atoms with van der Waals surface area (Å²) in [5.41, 5.74) is 4.78. The van der Waals surface area contributed by atoms with E-state index in [1.54, 1.807) is 6.21 Å². The zero-order valence-corrected chi connectivity index (χ0v) is 13.1. The van der Waals surface area contributed by atoms with Crippen molar-refractivity contribution in [2.24, 2.45) is 5.10 Å². The van der Waals surface area contributed by atoms with Gasteiger partial charge in [-0.1, -0.05) is 41.9 Å². The number of para-hydroxylation sites is 1. The number of nitrogens with zero attached hydrogens (tertiary/aromatic N) is 1. The first-order valence-corrected chi connectivity index (χ1v) is 7.55. The Bertz CT molecular complexity index is 786. The first kappa shape index (κ1) is 15.1. The van der Waals surface area contributed by atoms with E-state index in [9.17, 15) is 0 Å². The maximum absolute atomic E-state index is 5.85. The van der Waals surface area contributed by atoms with Crippen molar-refractivity contribution in [2.45, 2.75) is 0 Å². The highest BCUT2D eigenvalue weighted by molar-refractivity contribution is 6.30. The lowest BCUT2D eigenvalue weighted by atomic mass is 10.2. The van der Waals surface area contributed by atoms with Gasteiger partial charge < -0.3 is 4.74 Å². The Hall–Kier alpha value is -2.78. The summed E-state index contributed by atoms with van der Waals surface area (Å²) in [6.45, 7) is 0. The molecular formula is C19H15ClN2O. The zero-order chi connectivity index (χ0) is 15.9. The smallest absolute Gasteiger partial charge is 0.128 e. The fraction of sp³-hybridized carbons (Fsp3) is 0. The molecule has 114 valence electrons. The summed E-state index contributed by atoms with van der Waals surface area (Å²) in [6.07, 6.45) is 1.74. The van der Waals surface area contributed by atoms with Crippen molar-refractivity contribution in [1.82, 2.24) is 0 Å². The third-order valence-corrected chi connectivity index (χ3v) is 3.34. The maximum Gasteiger partial charge on any atom is 0.128 e. The summed E-state index contributed by atoms with van der Waals surface area (Å²) in [4.78, 5) is 0. The molecule has 0 unspecified atom stereocenters. The quantitative estimate of drug-likeness (QED) is 0.491. The van der Waals surface area contributed by atoms with Gasteiger partial charge in [0.1, 0.15) is 11.5 Å². The van der Waals surface area contributed by atoms with Crippen LogP contribution < -0.4 is 10.2 Å². The molecule has 0 spiro atoms. The molecule has 4 heteroatoms. The summed E-state index contributed by atoms with van der Waals surface area (Å²) >= 11 is 5.85. The molecule has 0 fully saturated rings. The van der Waals surface area contributed by atoms with Crippen LogP contribution in [0.15, 0.2) is 84.0 Å². The summed E-state index contributed by atoms with van der Waals surface area (Å²) in [5, 5.41) is 4.92. The summed E-state index contributed by atoms with van der Waals surface area (Å²) in [7, 11) is 0. The second-order valence-corrected chi connectivity index (χ2v) is 5.30. The summed E-state index contributed by atoms with van der Waals surface area (Å²) in [6, 6.07) is 24.8. The van der Waals surface area contributed by atoms with Crippen LogP contribution in [0.25, 0.3) is 0 Å². The first-order valence-electron chi connectivity index (χ1n) is 7.17. The first-order chi connectivity index (χ1) is 11.3. The highest BCUT2D eigenvalue weighted by Crippen LogP contribution is 2.21. The molecule has 0 heterocycles. The van der Waals surface area contributed by atoms with Gasteiger partial charge in [0.05, 0.1) is 11.9 Å². The van der Waals surface area contributed by atoms with Crippen LogP contribution >= 0.6 is 11.6 Å². The third kappa shape index (κ3) is 4.59. The molecule has 3 rings (SSSR count). The standard InChI is InChI=1S/C19H15ClN2O/c20-16-9-11-17(12-10-16)22-21-14-15-5-4-8-19(13-15)23-18-6-2-1-3-7-18/h1-14,22H. The van der Waals surface area contributed by atoms with E-state index in [-0.39, 0.29) is 0 Å². The number of anilines is 1. The SMILES string of the molecule is Clc1ccc(NN=Cc2cccc(Oc3ccccc3)c2)cc1. The monoisotopic (exact) mass is 322 g/mol. The Morgan fingerprint density at radius 3 is 2.35 bits per heavy atom. The van der Waals surface area contributed by atoms with Crippen LogP contribution in [-0.4, -0.2) is 6.21 Å². The summed E-state index contributed by atoms with van der Waals surface area (Å²) in [5.74, 6) is 1.58. The molecule has 0 aromatic heterocycles. The topological polar surface area (TPSA) is 33.6 Å². The van der Waals surface area contributed by atoms with Gasteiger partial charge in [-0.2, -0.15) is 5.10 Å². The van der Waals surface area contributed by atoms with Gasteiger partial charge in [0, 0.05) is 5.02 Å². The third-order valence-electron chi connectivity index (χ3n) is 3.09. The number of halogens is 1. The molecule has 0 aliphatic heterocycles. The second-order valence-electron chi connectivity index (χ2n) is 4.86. The Balaban J connectivity index is 1.65. The molecular weight excluding hydrogens is 308 g/mol. The Kier molecular flexibility index (Phi) is 4.92. The minimum Gasteiger partial charge on any atom is -0.457 e. The van der Waals surface area contributed by atoms with E-state index in [0.717, 1.165) is 22.7 Å².